The minimum Gasteiger partial charge on any atom is -0.477 e. The number of aryl methyl sites for hydroxylation is 1. The third-order valence-corrected chi connectivity index (χ3v) is 5.21. The summed E-state index contributed by atoms with van der Waals surface area (Å²) < 4.78 is 81.6. The van der Waals surface area contributed by atoms with Gasteiger partial charge < -0.3 is 10.5 Å². The molecule has 176 valence electrons. The van der Waals surface area contributed by atoms with Gasteiger partial charge in [-0.25, -0.2) is 27.9 Å². The summed E-state index contributed by atoms with van der Waals surface area (Å²) >= 11 is 0. The van der Waals surface area contributed by atoms with Crippen LogP contribution in [0.4, 0.5) is 23.5 Å². The van der Waals surface area contributed by atoms with Crippen LogP contribution in [0.1, 0.15) is 17.8 Å². The number of anilines is 1. The Labute approximate surface area is 186 Å². The van der Waals surface area contributed by atoms with Crippen LogP contribution in [0.3, 0.4) is 0 Å². The van der Waals surface area contributed by atoms with Crippen LogP contribution in [0.2, 0.25) is 0 Å². The van der Waals surface area contributed by atoms with Gasteiger partial charge in [-0.05, 0) is 55.3 Å². The number of benzene rings is 1. The molecule has 0 aliphatic carbocycles. The van der Waals surface area contributed by atoms with Crippen LogP contribution < -0.4 is 15.6 Å². The Kier molecular flexibility index (Phi) is 6.84. The minimum absolute atomic E-state index is 0.00274. The third-order valence-electron chi connectivity index (χ3n) is 4.36. The monoisotopic (exact) mass is 485 g/mol. The van der Waals surface area contributed by atoms with Crippen molar-refractivity contribution >= 4 is 16.0 Å². The second-order valence-electron chi connectivity index (χ2n) is 7.07. The van der Waals surface area contributed by atoms with Crippen LogP contribution in [-0.2, 0) is 16.2 Å². The molecule has 0 aliphatic heterocycles. The van der Waals surface area contributed by atoms with E-state index in [0.717, 1.165) is 18.2 Å². The molecule has 0 atom stereocenters. The molecule has 0 saturated carbocycles. The summed E-state index contributed by atoms with van der Waals surface area (Å²) in [6, 6.07) is 7.26. The summed E-state index contributed by atoms with van der Waals surface area (Å²) in [7, 11) is -3.74. The van der Waals surface area contributed by atoms with E-state index in [2.05, 4.69) is 15.0 Å². The number of sulfonamides is 1. The summed E-state index contributed by atoms with van der Waals surface area (Å²) in [6.45, 7) is 1.22. The van der Waals surface area contributed by atoms with Crippen LogP contribution in [0.25, 0.3) is 22.4 Å². The summed E-state index contributed by atoms with van der Waals surface area (Å²) in [4.78, 5) is 11.7. The topological polar surface area (TPSA) is 134 Å². The second kappa shape index (κ2) is 9.27. The molecule has 0 bridgehead atoms. The molecular weight excluding hydrogens is 466 g/mol. The van der Waals surface area contributed by atoms with Crippen LogP contribution >= 0.6 is 0 Å². The summed E-state index contributed by atoms with van der Waals surface area (Å²) in [6.07, 6.45) is -4.72. The number of pyridine rings is 1. The van der Waals surface area contributed by atoms with Crippen LogP contribution in [0.5, 0.6) is 5.88 Å². The molecule has 3 rings (SSSR count). The Bertz CT molecular complexity index is 1270. The van der Waals surface area contributed by atoms with Gasteiger partial charge in [0.25, 0.3) is 0 Å². The lowest BCUT2D eigenvalue weighted by molar-refractivity contribution is -0.141. The maximum atomic E-state index is 13.4. The van der Waals surface area contributed by atoms with Gasteiger partial charge in [-0.3, -0.25) is 0 Å². The van der Waals surface area contributed by atoms with Crippen molar-refractivity contribution in [1.29, 1.82) is 0 Å². The fourth-order valence-corrected chi connectivity index (χ4v) is 3.55. The first-order valence-corrected chi connectivity index (χ1v) is 11.2. The molecule has 33 heavy (non-hydrogen) atoms. The lowest BCUT2D eigenvalue weighted by Crippen LogP contribution is -2.18. The fraction of sp³-hybridized carbons (Fsp3) is 0.250. The van der Waals surface area contributed by atoms with Gasteiger partial charge in [0.15, 0.2) is 0 Å². The summed E-state index contributed by atoms with van der Waals surface area (Å²) in [5.74, 6) is -1.32. The number of alkyl halides is 3. The smallest absolute Gasteiger partial charge is 0.433 e. The number of hydrogen-bond donors (Lipinski definition) is 2. The van der Waals surface area contributed by atoms with Crippen molar-refractivity contribution in [3.05, 3.63) is 53.6 Å². The summed E-state index contributed by atoms with van der Waals surface area (Å²) in [5.41, 5.74) is 5.26. The lowest BCUT2D eigenvalue weighted by atomic mass is 9.99. The van der Waals surface area contributed by atoms with Gasteiger partial charge in [-0.2, -0.15) is 18.2 Å². The van der Waals surface area contributed by atoms with E-state index in [4.69, 9.17) is 15.6 Å². The van der Waals surface area contributed by atoms with Crippen LogP contribution in [0.15, 0.2) is 36.4 Å². The molecule has 1 aromatic carbocycles. The average Bonchev–Trinajstić information content (AvgIpc) is 2.69. The predicted octanol–water partition coefficient (Wildman–Crippen LogP) is 3.31. The number of primary sulfonamides is 1. The highest BCUT2D eigenvalue weighted by atomic mass is 32.2. The van der Waals surface area contributed by atoms with Gasteiger partial charge in [0.1, 0.15) is 11.5 Å². The van der Waals surface area contributed by atoms with Crippen molar-refractivity contribution in [2.75, 3.05) is 18.1 Å². The Morgan fingerprint density at radius 1 is 1.03 bits per heavy atom. The molecule has 0 amide bonds. The van der Waals surface area contributed by atoms with Crippen molar-refractivity contribution in [3.8, 4) is 28.3 Å². The number of aromatic nitrogens is 3. The molecule has 8 nitrogen and oxygen atoms in total. The highest BCUT2D eigenvalue weighted by molar-refractivity contribution is 7.89. The van der Waals surface area contributed by atoms with Gasteiger partial charge in [-0.1, -0.05) is 0 Å². The maximum Gasteiger partial charge on any atom is 0.433 e. The molecule has 0 aliphatic rings. The maximum absolute atomic E-state index is 13.4. The first kappa shape index (κ1) is 24.3. The molecule has 0 unspecified atom stereocenters. The highest BCUT2D eigenvalue weighted by Crippen LogP contribution is 2.40. The zero-order valence-corrected chi connectivity index (χ0v) is 18.0. The van der Waals surface area contributed by atoms with E-state index >= 15 is 0 Å². The number of nitrogens with two attached hydrogens (primary N) is 2. The first-order valence-electron chi connectivity index (χ1n) is 9.46. The molecule has 2 aromatic heterocycles. The van der Waals surface area contributed by atoms with E-state index in [1.165, 1.54) is 25.1 Å². The number of halogens is 4. The fourth-order valence-electron chi connectivity index (χ4n) is 3.03. The van der Waals surface area contributed by atoms with Gasteiger partial charge in [-0.15, -0.1) is 0 Å². The molecule has 0 fully saturated rings. The quantitative estimate of drug-likeness (QED) is 0.387. The molecule has 0 spiro atoms. The van der Waals surface area contributed by atoms with Gasteiger partial charge >= 0.3 is 6.18 Å². The van der Waals surface area contributed by atoms with Crippen molar-refractivity contribution < 1.29 is 30.7 Å². The molecule has 3 aromatic rings. The molecule has 13 heteroatoms. The summed E-state index contributed by atoms with van der Waals surface area (Å²) in [5, 5.41) is 4.97. The largest absolute Gasteiger partial charge is 0.477 e. The number of nitrogen functional groups attached to an aromatic ring is 1. The Balaban J connectivity index is 2.18. The van der Waals surface area contributed by atoms with Crippen LogP contribution in [-0.4, -0.2) is 35.7 Å². The van der Waals surface area contributed by atoms with E-state index in [1.54, 1.807) is 0 Å². The average molecular weight is 485 g/mol. The normalized spacial score (nSPS) is 12.1. The van der Waals surface area contributed by atoms with Gasteiger partial charge in [0.2, 0.25) is 21.9 Å². The van der Waals surface area contributed by atoms with E-state index in [1.807, 2.05) is 0 Å². The van der Waals surface area contributed by atoms with E-state index in [0.29, 0.717) is 5.56 Å². The number of hydrogen-bond acceptors (Lipinski definition) is 7. The Hall–Kier alpha value is -3.32. The Morgan fingerprint density at radius 2 is 1.70 bits per heavy atom. The zero-order valence-electron chi connectivity index (χ0n) is 17.2. The number of nitrogens with zero attached hydrogens (tertiary/aromatic N) is 3. The predicted molar refractivity (Wildman–Crippen MR) is 113 cm³/mol. The number of ether oxygens (including phenoxy) is 1. The molecule has 2 heterocycles. The SMILES string of the molecule is Cc1cc(-c2c(OCCCS(N)(=O)=O)nc(N)nc2-c2ccc(F)cc2)cc(C(F)(F)F)n1. The first-order chi connectivity index (χ1) is 15.3. The van der Waals surface area contributed by atoms with Crippen molar-refractivity contribution in [2.24, 2.45) is 5.14 Å². The highest BCUT2D eigenvalue weighted by Gasteiger charge is 2.33. The van der Waals surface area contributed by atoms with Crippen molar-refractivity contribution in [2.45, 2.75) is 19.5 Å². The van der Waals surface area contributed by atoms with Crippen LogP contribution in [0, 0.1) is 12.7 Å². The second-order valence-corrected chi connectivity index (χ2v) is 8.80. The lowest BCUT2D eigenvalue weighted by Gasteiger charge is -2.17. The van der Waals surface area contributed by atoms with Crippen molar-refractivity contribution in [3.63, 3.8) is 0 Å². The standard InChI is InChI=1S/C20H19F4N5O3S/c1-11-9-13(10-15(27-11)20(22,23)24)16-17(12-3-5-14(21)6-4-12)28-19(25)29-18(16)32-7-2-8-33(26,30)31/h3-6,9-10H,2,7-8H2,1H3,(H2,25,28,29)(H2,26,30,31). The molecular formula is C20H19F4N5O3S. The van der Waals surface area contributed by atoms with E-state index < -0.39 is 27.7 Å². The molecule has 0 radical (unpaired) electrons. The zero-order chi connectivity index (χ0) is 24.4. The Morgan fingerprint density at radius 3 is 2.30 bits per heavy atom. The molecule has 4 N–H and O–H groups in total. The van der Waals surface area contributed by atoms with E-state index in [-0.39, 0.29) is 53.1 Å². The number of rotatable bonds is 7. The van der Waals surface area contributed by atoms with Gasteiger partial charge in [0, 0.05) is 11.3 Å². The van der Waals surface area contributed by atoms with Gasteiger partial charge in [0.05, 0.1) is 23.6 Å². The van der Waals surface area contributed by atoms with Crippen molar-refractivity contribution in [1.82, 2.24) is 15.0 Å². The molecule has 0 saturated heterocycles. The third kappa shape index (κ3) is 6.35. The van der Waals surface area contributed by atoms with E-state index in [9.17, 15) is 26.0 Å². The minimum atomic E-state index is -4.72.